The van der Waals surface area contributed by atoms with Crippen LogP contribution in [0.2, 0.25) is 0 Å². The van der Waals surface area contributed by atoms with E-state index >= 15 is 0 Å². The van der Waals surface area contributed by atoms with Gasteiger partial charge in [0.25, 0.3) is 5.88 Å². The van der Waals surface area contributed by atoms with Gasteiger partial charge in [-0.3, -0.25) is 0 Å². The van der Waals surface area contributed by atoms with Gasteiger partial charge in [0.15, 0.2) is 5.82 Å². The largest absolute Gasteiger partial charge is 0.472 e. The third kappa shape index (κ3) is 3.15. The average molecular weight is 283 g/mol. The second-order valence-corrected chi connectivity index (χ2v) is 5.65. The molecular formula is C17H21N3O. The highest BCUT2D eigenvalue weighted by Gasteiger charge is 2.19. The van der Waals surface area contributed by atoms with E-state index < -0.39 is 0 Å². The SMILES string of the molecule is CC(C)Oc1nccnc1N1CCCc2ccccc2C1. The normalized spacial score (nSPS) is 14.7. The van der Waals surface area contributed by atoms with Gasteiger partial charge in [-0.2, -0.15) is 0 Å². The average Bonchev–Trinajstić information content (AvgIpc) is 2.69. The van der Waals surface area contributed by atoms with Crippen molar-refractivity contribution in [2.45, 2.75) is 39.3 Å². The molecule has 0 spiro atoms. The fraction of sp³-hybridized carbons (Fsp3) is 0.412. The zero-order valence-electron chi connectivity index (χ0n) is 12.6. The summed E-state index contributed by atoms with van der Waals surface area (Å²) in [5, 5.41) is 0. The van der Waals surface area contributed by atoms with Crippen LogP contribution in [0, 0.1) is 0 Å². The van der Waals surface area contributed by atoms with E-state index in [0.29, 0.717) is 5.88 Å². The van der Waals surface area contributed by atoms with E-state index in [9.17, 15) is 0 Å². The molecule has 3 rings (SSSR count). The van der Waals surface area contributed by atoms with E-state index in [4.69, 9.17) is 4.74 Å². The summed E-state index contributed by atoms with van der Waals surface area (Å²) in [5.41, 5.74) is 2.81. The summed E-state index contributed by atoms with van der Waals surface area (Å²) in [6.45, 7) is 5.86. The highest BCUT2D eigenvalue weighted by atomic mass is 16.5. The molecule has 1 aromatic carbocycles. The Morgan fingerprint density at radius 1 is 1.10 bits per heavy atom. The number of hydrogen-bond acceptors (Lipinski definition) is 4. The number of aromatic nitrogens is 2. The standard InChI is InChI=1S/C17H21N3O/c1-13(2)21-17-16(18-9-10-19-17)20-11-5-8-14-6-3-4-7-15(14)12-20/h3-4,6-7,9-10,13H,5,8,11-12H2,1-2H3. The Balaban J connectivity index is 1.91. The Morgan fingerprint density at radius 3 is 2.67 bits per heavy atom. The molecule has 0 radical (unpaired) electrons. The predicted molar refractivity (Wildman–Crippen MR) is 83.6 cm³/mol. The number of rotatable bonds is 3. The van der Waals surface area contributed by atoms with Gasteiger partial charge in [0, 0.05) is 25.5 Å². The molecule has 0 saturated heterocycles. The van der Waals surface area contributed by atoms with Gasteiger partial charge in [-0.05, 0) is 37.8 Å². The molecule has 0 aliphatic carbocycles. The fourth-order valence-corrected chi connectivity index (χ4v) is 2.72. The lowest BCUT2D eigenvalue weighted by molar-refractivity contribution is 0.232. The fourth-order valence-electron chi connectivity index (χ4n) is 2.72. The van der Waals surface area contributed by atoms with Crippen molar-refractivity contribution in [3.63, 3.8) is 0 Å². The summed E-state index contributed by atoms with van der Waals surface area (Å²) < 4.78 is 5.81. The predicted octanol–water partition coefficient (Wildman–Crippen LogP) is 3.22. The molecule has 0 unspecified atom stereocenters. The van der Waals surface area contributed by atoms with Gasteiger partial charge in [-0.1, -0.05) is 24.3 Å². The van der Waals surface area contributed by atoms with Crippen LogP contribution >= 0.6 is 0 Å². The molecule has 0 N–H and O–H groups in total. The maximum absolute atomic E-state index is 5.81. The van der Waals surface area contributed by atoms with E-state index in [1.54, 1.807) is 12.4 Å². The van der Waals surface area contributed by atoms with E-state index in [0.717, 1.165) is 31.7 Å². The molecule has 2 heterocycles. The lowest BCUT2D eigenvalue weighted by Crippen LogP contribution is -2.25. The smallest absolute Gasteiger partial charge is 0.257 e. The van der Waals surface area contributed by atoms with Crippen LogP contribution in [0.15, 0.2) is 36.7 Å². The third-order valence-electron chi connectivity index (χ3n) is 3.65. The van der Waals surface area contributed by atoms with Crippen molar-refractivity contribution in [1.82, 2.24) is 9.97 Å². The first kappa shape index (κ1) is 13.9. The number of fused-ring (bicyclic) bond motifs is 1. The summed E-state index contributed by atoms with van der Waals surface area (Å²) in [6, 6.07) is 8.64. The monoisotopic (exact) mass is 283 g/mol. The van der Waals surface area contributed by atoms with E-state index in [2.05, 4.69) is 39.1 Å². The van der Waals surface area contributed by atoms with Crippen molar-refractivity contribution in [3.8, 4) is 5.88 Å². The molecular weight excluding hydrogens is 262 g/mol. The van der Waals surface area contributed by atoms with Gasteiger partial charge in [-0.15, -0.1) is 0 Å². The maximum atomic E-state index is 5.81. The van der Waals surface area contributed by atoms with Crippen molar-refractivity contribution >= 4 is 5.82 Å². The van der Waals surface area contributed by atoms with Gasteiger partial charge in [0.1, 0.15) is 0 Å². The Hall–Kier alpha value is -2.10. The first-order valence-corrected chi connectivity index (χ1v) is 7.53. The molecule has 1 aliphatic rings. The Bertz CT molecular complexity index is 612. The molecule has 4 heteroatoms. The minimum atomic E-state index is 0.0970. The highest BCUT2D eigenvalue weighted by Crippen LogP contribution is 2.28. The second-order valence-electron chi connectivity index (χ2n) is 5.65. The number of aryl methyl sites for hydroxylation is 1. The summed E-state index contributed by atoms with van der Waals surface area (Å²) >= 11 is 0. The zero-order chi connectivity index (χ0) is 14.7. The van der Waals surface area contributed by atoms with Crippen LogP contribution in [-0.4, -0.2) is 22.6 Å². The maximum Gasteiger partial charge on any atom is 0.257 e. The molecule has 1 aliphatic heterocycles. The molecule has 0 saturated carbocycles. The zero-order valence-corrected chi connectivity index (χ0v) is 12.6. The molecule has 1 aromatic heterocycles. The van der Waals surface area contributed by atoms with Gasteiger partial charge < -0.3 is 9.64 Å². The Kier molecular flexibility index (Phi) is 4.04. The topological polar surface area (TPSA) is 38.3 Å². The van der Waals surface area contributed by atoms with Crippen molar-refractivity contribution in [2.75, 3.05) is 11.4 Å². The molecule has 4 nitrogen and oxygen atoms in total. The highest BCUT2D eigenvalue weighted by molar-refractivity contribution is 5.49. The van der Waals surface area contributed by atoms with Crippen molar-refractivity contribution in [1.29, 1.82) is 0 Å². The van der Waals surface area contributed by atoms with E-state index in [1.165, 1.54) is 11.1 Å². The quantitative estimate of drug-likeness (QED) is 0.867. The summed E-state index contributed by atoms with van der Waals surface area (Å²) in [6.07, 6.45) is 5.76. The molecule has 2 aromatic rings. The van der Waals surface area contributed by atoms with Gasteiger partial charge in [0.2, 0.25) is 0 Å². The molecule has 0 atom stereocenters. The molecule has 110 valence electrons. The van der Waals surface area contributed by atoms with Crippen LogP contribution < -0.4 is 9.64 Å². The Morgan fingerprint density at radius 2 is 1.86 bits per heavy atom. The molecule has 0 fully saturated rings. The number of benzene rings is 1. The van der Waals surface area contributed by atoms with E-state index in [1.807, 2.05) is 13.8 Å². The van der Waals surface area contributed by atoms with Gasteiger partial charge >= 0.3 is 0 Å². The lowest BCUT2D eigenvalue weighted by atomic mass is 10.0. The van der Waals surface area contributed by atoms with E-state index in [-0.39, 0.29) is 6.10 Å². The lowest BCUT2D eigenvalue weighted by Gasteiger charge is -2.24. The second kappa shape index (κ2) is 6.12. The summed E-state index contributed by atoms with van der Waals surface area (Å²) in [7, 11) is 0. The Labute approximate surface area is 125 Å². The number of ether oxygens (including phenoxy) is 1. The van der Waals surface area contributed by atoms with Crippen LogP contribution in [-0.2, 0) is 13.0 Å². The molecule has 0 bridgehead atoms. The van der Waals surface area contributed by atoms with Crippen LogP contribution in [0.1, 0.15) is 31.4 Å². The first-order valence-electron chi connectivity index (χ1n) is 7.53. The van der Waals surface area contributed by atoms with Crippen molar-refractivity contribution < 1.29 is 4.74 Å². The van der Waals surface area contributed by atoms with Gasteiger partial charge in [-0.25, -0.2) is 9.97 Å². The molecule has 21 heavy (non-hydrogen) atoms. The first-order chi connectivity index (χ1) is 10.2. The minimum Gasteiger partial charge on any atom is -0.472 e. The summed E-state index contributed by atoms with van der Waals surface area (Å²) in [5.74, 6) is 1.48. The van der Waals surface area contributed by atoms with Crippen LogP contribution in [0.25, 0.3) is 0 Å². The number of anilines is 1. The number of nitrogens with zero attached hydrogens (tertiary/aromatic N) is 3. The van der Waals surface area contributed by atoms with Crippen LogP contribution in [0.5, 0.6) is 5.88 Å². The van der Waals surface area contributed by atoms with Gasteiger partial charge in [0.05, 0.1) is 6.10 Å². The third-order valence-corrected chi connectivity index (χ3v) is 3.65. The molecule has 0 amide bonds. The minimum absolute atomic E-state index is 0.0970. The number of hydrogen-bond donors (Lipinski definition) is 0. The van der Waals surface area contributed by atoms with Crippen molar-refractivity contribution in [2.24, 2.45) is 0 Å². The summed E-state index contributed by atoms with van der Waals surface area (Å²) in [4.78, 5) is 11.1. The van der Waals surface area contributed by atoms with Crippen molar-refractivity contribution in [3.05, 3.63) is 47.8 Å². The van der Waals surface area contributed by atoms with Crippen LogP contribution in [0.3, 0.4) is 0 Å². The van der Waals surface area contributed by atoms with Crippen LogP contribution in [0.4, 0.5) is 5.82 Å².